The Hall–Kier alpha value is -1.12. The number of carboxylic acid groups (broad SMARTS) is 1. The van der Waals surface area contributed by atoms with Gasteiger partial charge in [-0.2, -0.15) is 13.2 Å². The maximum absolute atomic E-state index is 11.9. The summed E-state index contributed by atoms with van der Waals surface area (Å²) in [6.45, 7) is 4.75. The quantitative estimate of drug-likeness (QED) is 0.815. The molecule has 0 aromatic rings. The molecule has 0 aromatic carbocycles. The number of hydrogen-bond donors (Lipinski definition) is 2. The summed E-state index contributed by atoms with van der Waals surface area (Å²) in [5.74, 6) is -2.98. The summed E-state index contributed by atoms with van der Waals surface area (Å²) in [4.78, 5) is 22.1. The normalized spacial score (nSPS) is 13.8. The Morgan fingerprint density at radius 2 is 1.84 bits per heavy atom. The summed E-state index contributed by atoms with van der Waals surface area (Å²) in [7, 11) is 0. The Morgan fingerprint density at radius 3 is 2.21 bits per heavy atom. The van der Waals surface area contributed by atoms with Crippen LogP contribution in [0.4, 0.5) is 18.0 Å². The van der Waals surface area contributed by atoms with Gasteiger partial charge in [-0.15, -0.1) is 11.8 Å². The molecular weight excluding hydrogens is 287 g/mol. The van der Waals surface area contributed by atoms with Crippen molar-refractivity contribution in [2.45, 2.75) is 38.6 Å². The van der Waals surface area contributed by atoms with E-state index >= 15 is 0 Å². The minimum absolute atomic E-state index is 0.380. The van der Waals surface area contributed by atoms with Crippen LogP contribution in [0.3, 0.4) is 0 Å². The van der Waals surface area contributed by atoms with Crippen LogP contribution in [-0.2, 0) is 9.53 Å². The molecule has 1 atom stereocenters. The van der Waals surface area contributed by atoms with Gasteiger partial charge >= 0.3 is 18.2 Å². The number of aliphatic carboxylic acids is 1. The van der Waals surface area contributed by atoms with Gasteiger partial charge < -0.3 is 15.2 Å². The fourth-order valence-corrected chi connectivity index (χ4v) is 1.73. The van der Waals surface area contributed by atoms with Crippen molar-refractivity contribution < 1.29 is 32.6 Å². The van der Waals surface area contributed by atoms with Crippen molar-refractivity contribution >= 4 is 23.8 Å². The molecule has 0 heterocycles. The Labute approximate surface area is 112 Å². The molecule has 0 saturated carbocycles. The van der Waals surface area contributed by atoms with E-state index in [1.165, 1.54) is 0 Å². The number of carboxylic acids is 1. The van der Waals surface area contributed by atoms with E-state index in [0.717, 1.165) is 0 Å². The number of halogens is 3. The summed E-state index contributed by atoms with van der Waals surface area (Å²) < 4.78 is 40.6. The second kappa shape index (κ2) is 6.88. The van der Waals surface area contributed by atoms with Gasteiger partial charge in [0.25, 0.3) is 0 Å². The van der Waals surface area contributed by atoms with Crippen molar-refractivity contribution in [3.05, 3.63) is 0 Å². The van der Waals surface area contributed by atoms with Gasteiger partial charge in [0, 0.05) is 5.75 Å². The molecule has 5 nitrogen and oxygen atoms in total. The molecule has 0 saturated heterocycles. The highest BCUT2D eigenvalue weighted by Crippen LogP contribution is 2.21. The second-order valence-electron chi connectivity index (χ2n) is 4.67. The number of alkyl carbamates (subject to hydrolysis) is 1. The van der Waals surface area contributed by atoms with Crippen molar-refractivity contribution in [3.8, 4) is 0 Å². The topological polar surface area (TPSA) is 75.6 Å². The number of carbonyl (C=O) groups is 2. The Morgan fingerprint density at radius 1 is 1.32 bits per heavy atom. The third kappa shape index (κ3) is 10.5. The number of hydrogen-bond acceptors (Lipinski definition) is 4. The van der Waals surface area contributed by atoms with E-state index in [1.54, 1.807) is 20.8 Å². The van der Waals surface area contributed by atoms with E-state index in [2.05, 4.69) is 0 Å². The molecular formula is C10H16F3NO4S. The van der Waals surface area contributed by atoms with Crippen molar-refractivity contribution in [2.75, 3.05) is 11.5 Å². The summed E-state index contributed by atoms with van der Waals surface area (Å²) in [6.07, 6.45) is -5.35. The average molecular weight is 303 g/mol. The van der Waals surface area contributed by atoms with E-state index < -0.39 is 41.4 Å². The van der Waals surface area contributed by atoms with Gasteiger partial charge in [0.1, 0.15) is 11.6 Å². The number of carbonyl (C=O) groups excluding carboxylic acids is 1. The molecule has 0 aromatic heterocycles. The average Bonchev–Trinajstić information content (AvgIpc) is 2.10. The summed E-state index contributed by atoms with van der Waals surface area (Å²) >= 11 is 0.380. The van der Waals surface area contributed by atoms with E-state index in [-0.39, 0.29) is 0 Å². The first kappa shape index (κ1) is 17.9. The molecule has 2 N–H and O–H groups in total. The molecule has 0 spiro atoms. The zero-order chi connectivity index (χ0) is 15.3. The van der Waals surface area contributed by atoms with Crippen LogP contribution < -0.4 is 5.32 Å². The smallest absolute Gasteiger partial charge is 0.408 e. The third-order valence-corrected chi connectivity index (χ3v) is 2.64. The van der Waals surface area contributed by atoms with Crippen LogP contribution in [0.1, 0.15) is 20.8 Å². The van der Waals surface area contributed by atoms with Gasteiger partial charge in [-0.25, -0.2) is 9.59 Å². The molecule has 0 bridgehead atoms. The zero-order valence-electron chi connectivity index (χ0n) is 10.7. The van der Waals surface area contributed by atoms with E-state index in [1.807, 2.05) is 5.32 Å². The largest absolute Gasteiger partial charge is 0.480 e. The van der Waals surface area contributed by atoms with Gasteiger partial charge in [-0.3, -0.25) is 0 Å². The Kier molecular flexibility index (Phi) is 6.47. The lowest BCUT2D eigenvalue weighted by molar-refractivity contribution is -0.138. The molecule has 0 unspecified atom stereocenters. The highest BCUT2D eigenvalue weighted by Gasteiger charge is 2.29. The van der Waals surface area contributed by atoms with Crippen LogP contribution in [-0.4, -0.2) is 46.5 Å². The van der Waals surface area contributed by atoms with Crippen LogP contribution >= 0.6 is 11.8 Å². The highest BCUT2D eigenvalue weighted by atomic mass is 32.2. The summed E-state index contributed by atoms with van der Waals surface area (Å²) in [5.41, 5.74) is -0.813. The number of alkyl halides is 3. The van der Waals surface area contributed by atoms with Crippen LogP contribution in [0.25, 0.3) is 0 Å². The first-order chi connectivity index (χ1) is 8.41. The van der Waals surface area contributed by atoms with Crippen molar-refractivity contribution in [1.82, 2.24) is 5.32 Å². The maximum atomic E-state index is 11.9. The van der Waals surface area contributed by atoms with Gasteiger partial charge in [-0.05, 0) is 20.8 Å². The van der Waals surface area contributed by atoms with Crippen LogP contribution in [0.2, 0.25) is 0 Å². The van der Waals surface area contributed by atoms with Crippen molar-refractivity contribution in [3.63, 3.8) is 0 Å². The number of thioether (sulfide) groups is 1. The lowest BCUT2D eigenvalue weighted by Crippen LogP contribution is -2.45. The second-order valence-corrected chi connectivity index (χ2v) is 5.70. The highest BCUT2D eigenvalue weighted by molar-refractivity contribution is 7.99. The molecule has 0 radical (unpaired) electrons. The third-order valence-electron chi connectivity index (χ3n) is 1.54. The van der Waals surface area contributed by atoms with Crippen LogP contribution in [0.5, 0.6) is 0 Å². The molecule has 0 fully saturated rings. The molecule has 0 aliphatic rings. The minimum atomic E-state index is -4.38. The predicted octanol–water partition coefficient (Wildman–Crippen LogP) is 2.26. The van der Waals surface area contributed by atoms with Gasteiger partial charge in [-0.1, -0.05) is 0 Å². The molecule has 9 heteroatoms. The molecule has 19 heavy (non-hydrogen) atoms. The van der Waals surface area contributed by atoms with E-state index in [4.69, 9.17) is 9.84 Å². The minimum Gasteiger partial charge on any atom is -0.480 e. The molecule has 0 aliphatic carbocycles. The lowest BCUT2D eigenvalue weighted by atomic mass is 10.2. The first-order valence-electron chi connectivity index (χ1n) is 5.27. The maximum Gasteiger partial charge on any atom is 0.408 e. The van der Waals surface area contributed by atoms with Crippen LogP contribution in [0, 0.1) is 0 Å². The van der Waals surface area contributed by atoms with Crippen molar-refractivity contribution in [1.29, 1.82) is 0 Å². The first-order valence-corrected chi connectivity index (χ1v) is 6.43. The molecule has 0 aliphatic heterocycles. The predicted molar refractivity (Wildman–Crippen MR) is 64.2 cm³/mol. The molecule has 1 amide bonds. The van der Waals surface area contributed by atoms with Gasteiger partial charge in [0.15, 0.2) is 0 Å². The Balaban J connectivity index is 4.28. The number of ether oxygens (including phenoxy) is 1. The monoisotopic (exact) mass is 303 g/mol. The summed E-state index contributed by atoms with van der Waals surface area (Å²) in [6, 6.07) is -1.43. The lowest BCUT2D eigenvalue weighted by Gasteiger charge is -2.21. The fraction of sp³-hybridized carbons (Fsp3) is 0.800. The number of amides is 1. The van der Waals surface area contributed by atoms with E-state index in [0.29, 0.717) is 11.8 Å². The molecule has 112 valence electrons. The fourth-order valence-electron chi connectivity index (χ4n) is 0.917. The summed E-state index contributed by atoms with van der Waals surface area (Å²) in [5, 5.41) is 10.8. The van der Waals surface area contributed by atoms with E-state index in [9.17, 15) is 22.8 Å². The SMILES string of the molecule is CC(C)(C)OC(=O)N[C@@H](CSCC(F)(F)F)C(=O)O. The molecule has 0 rings (SSSR count). The number of nitrogens with one attached hydrogen (secondary N) is 1. The zero-order valence-corrected chi connectivity index (χ0v) is 11.5. The van der Waals surface area contributed by atoms with Crippen LogP contribution in [0.15, 0.2) is 0 Å². The number of rotatable bonds is 5. The van der Waals surface area contributed by atoms with Gasteiger partial charge in [0.05, 0.1) is 5.75 Å². The standard InChI is InChI=1S/C10H16F3NO4S/c1-9(2,3)18-8(17)14-6(7(15)16)4-19-5-10(11,12)13/h6H,4-5H2,1-3H3,(H,14,17)(H,15,16)/t6-/m0/s1. The Bertz CT molecular complexity index is 328. The van der Waals surface area contributed by atoms with Crippen molar-refractivity contribution in [2.24, 2.45) is 0 Å². The van der Waals surface area contributed by atoms with Gasteiger partial charge in [0.2, 0.25) is 0 Å².